The first-order valence-corrected chi connectivity index (χ1v) is 10.3. The second-order valence-corrected chi connectivity index (χ2v) is 7.04. The van der Waals surface area contributed by atoms with Gasteiger partial charge in [-0.2, -0.15) is 13.2 Å². The predicted octanol–water partition coefficient (Wildman–Crippen LogP) is 5.12. The molecule has 0 fully saturated rings. The molecule has 0 N–H and O–H groups in total. The number of hydrogen-bond acceptors (Lipinski definition) is 5. The second kappa shape index (κ2) is 11.5. The van der Waals surface area contributed by atoms with Crippen LogP contribution in [0.25, 0.3) is 0 Å². The van der Waals surface area contributed by atoms with Gasteiger partial charge in [-0.1, -0.05) is 60.7 Å². The minimum absolute atomic E-state index is 0.0764. The van der Waals surface area contributed by atoms with E-state index in [0.717, 1.165) is 0 Å². The summed E-state index contributed by atoms with van der Waals surface area (Å²) in [5.74, 6) is -1.84. The smallest absolute Gasteiger partial charge is 0.392 e. The van der Waals surface area contributed by atoms with Crippen LogP contribution in [0.1, 0.15) is 44.2 Å². The van der Waals surface area contributed by atoms with Crippen LogP contribution in [-0.2, 0) is 19.1 Å². The number of carbonyl (C=O) groups is 2. The van der Waals surface area contributed by atoms with Crippen LogP contribution < -0.4 is 0 Å². The molecule has 32 heavy (non-hydrogen) atoms. The molecule has 0 aliphatic heterocycles. The van der Waals surface area contributed by atoms with E-state index < -0.39 is 42.9 Å². The molecule has 0 aliphatic rings. The molecule has 2 aromatic rings. The molecule has 0 amide bonds. The standard InChI is InChI=1S/C24H26F3NO4/c1-3-31-20(29)15-16-23(17-24(25,26)27,22(30)32-4-2)28-21(18-11-7-5-8-12-18)19-13-9-6-10-14-19/h5-14H,3-4,15-17H2,1-2H3. The summed E-state index contributed by atoms with van der Waals surface area (Å²) in [6.45, 7) is 3.04. The number of rotatable bonds is 10. The number of ether oxygens (including phenoxy) is 2. The Morgan fingerprint density at radius 1 is 0.844 bits per heavy atom. The largest absolute Gasteiger partial charge is 0.466 e. The maximum atomic E-state index is 13.7. The van der Waals surface area contributed by atoms with Gasteiger partial charge in [-0.05, 0) is 20.3 Å². The molecule has 1 unspecified atom stereocenters. The van der Waals surface area contributed by atoms with Crippen molar-refractivity contribution in [2.75, 3.05) is 13.2 Å². The Morgan fingerprint density at radius 3 is 1.78 bits per heavy atom. The first-order chi connectivity index (χ1) is 15.2. The number of aliphatic imine (C=N–C) groups is 1. The minimum atomic E-state index is -4.73. The van der Waals surface area contributed by atoms with Crippen molar-refractivity contribution in [1.29, 1.82) is 0 Å². The van der Waals surface area contributed by atoms with Crippen molar-refractivity contribution >= 4 is 17.7 Å². The van der Waals surface area contributed by atoms with Crippen LogP contribution in [0.2, 0.25) is 0 Å². The fourth-order valence-electron chi connectivity index (χ4n) is 3.24. The van der Waals surface area contributed by atoms with E-state index in [9.17, 15) is 22.8 Å². The summed E-state index contributed by atoms with van der Waals surface area (Å²) >= 11 is 0. The van der Waals surface area contributed by atoms with Crippen LogP contribution in [0.5, 0.6) is 0 Å². The molecule has 0 radical (unpaired) electrons. The number of carbonyl (C=O) groups excluding carboxylic acids is 2. The summed E-state index contributed by atoms with van der Waals surface area (Å²) < 4.78 is 50.9. The maximum absolute atomic E-state index is 13.7. The van der Waals surface area contributed by atoms with Gasteiger partial charge in [0, 0.05) is 17.5 Å². The monoisotopic (exact) mass is 449 g/mol. The van der Waals surface area contributed by atoms with Crippen molar-refractivity contribution in [3.05, 3.63) is 71.8 Å². The van der Waals surface area contributed by atoms with E-state index in [2.05, 4.69) is 4.99 Å². The van der Waals surface area contributed by atoms with Crippen LogP contribution in [0.3, 0.4) is 0 Å². The normalized spacial score (nSPS) is 13.0. The zero-order chi connectivity index (χ0) is 23.6. The van der Waals surface area contributed by atoms with E-state index >= 15 is 0 Å². The van der Waals surface area contributed by atoms with Crippen molar-refractivity contribution in [3.8, 4) is 0 Å². The van der Waals surface area contributed by atoms with Gasteiger partial charge >= 0.3 is 18.1 Å². The number of esters is 2. The molecular formula is C24H26F3NO4. The van der Waals surface area contributed by atoms with Crippen LogP contribution in [0.15, 0.2) is 65.7 Å². The van der Waals surface area contributed by atoms with Gasteiger partial charge in [0.05, 0.1) is 25.3 Å². The van der Waals surface area contributed by atoms with E-state index in [-0.39, 0.29) is 18.9 Å². The highest BCUT2D eigenvalue weighted by atomic mass is 19.4. The highest BCUT2D eigenvalue weighted by Gasteiger charge is 2.49. The lowest BCUT2D eigenvalue weighted by atomic mass is 9.88. The van der Waals surface area contributed by atoms with Crippen molar-refractivity contribution in [1.82, 2.24) is 0 Å². The predicted molar refractivity (Wildman–Crippen MR) is 114 cm³/mol. The lowest BCUT2D eigenvalue weighted by Crippen LogP contribution is -2.44. The Kier molecular flexibility index (Phi) is 8.99. The first kappa shape index (κ1) is 25.1. The third kappa shape index (κ3) is 7.21. The second-order valence-electron chi connectivity index (χ2n) is 7.04. The fourth-order valence-corrected chi connectivity index (χ4v) is 3.24. The topological polar surface area (TPSA) is 65.0 Å². The van der Waals surface area contributed by atoms with E-state index in [4.69, 9.17) is 9.47 Å². The highest BCUT2D eigenvalue weighted by molar-refractivity contribution is 6.13. The molecule has 8 heteroatoms. The number of nitrogens with zero attached hydrogens (tertiary/aromatic N) is 1. The number of benzene rings is 2. The van der Waals surface area contributed by atoms with E-state index in [1.54, 1.807) is 67.6 Å². The minimum Gasteiger partial charge on any atom is -0.466 e. The van der Waals surface area contributed by atoms with Gasteiger partial charge in [-0.3, -0.25) is 9.79 Å². The third-order valence-corrected chi connectivity index (χ3v) is 4.62. The maximum Gasteiger partial charge on any atom is 0.392 e. The van der Waals surface area contributed by atoms with E-state index in [0.29, 0.717) is 11.1 Å². The molecule has 0 bridgehead atoms. The quantitative estimate of drug-likeness (QED) is 0.373. The van der Waals surface area contributed by atoms with Gasteiger partial charge < -0.3 is 9.47 Å². The van der Waals surface area contributed by atoms with Crippen molar-refractivity contribution < 1.29 is 32.2 Å². The van der Waals surface area contributed by atoms with Crippen LogP contribution >= 0.6 is 0 Å². The number of alkyl halides is 3. The van der Waals surface area contributed by atoms with Crippen molar-refractivity contribution in [2.24, 2.45) is 4.99 Å². The van der Waals surface area contributed by atoms with Crippen LogP contribution in [-0.4, -0.2) is 42.6 Å². The zero-order valence-corrected chi connectivity index (χ0v) is 18.0. The average molecular weight is 449 g/mol. The summed E-state index contributed by atoms with van der Waals surface area (Å²) in [5, 5.41) is 0. The summed E-state index contributed by atoms with van der Waals surface area (Å²) in [7, 11) is 0. The van der Waals surface area contributed by atoms with Gasteiger partial charge in [0.25, 0.3) is 0 Å². The Morgan fingerprint density at radius 2 is 1.34 bits per heavy atom. The zero-order valence-electron chi connectivity index (χ0n) is 18.0. The highest BCUT2D eigenvalue weighted by Crippen LogP contribution is 2.36. The van der Waals surface area contributed by atoms with Gasteiger partial charge in [0.1, 0.15) is 0 Å². The first-order valence-electron chi connectivity index (χ1n) is 10.3. The Hall–Kier alpha value is -3.16. The third-order valence-electron chi connectivity index (χ3n) is 4.62. The molecule has 0 aromatic heterocycles. The molecule has 2 rings (SSSR count). The summed E-state index contributed by atoms with van der Waals surface area (Å²) in [6.07, 6.45) is -7.22. The SMILES string of the molecule is CCOC(=O)CCC(CC(F)(F)F)(N=C(c1ccccc1)c1ccccc1)C(=O)OCC. The van der Waals surface area contributed by atoms with Crippen molar-refractivity contribution in [3.63, 3.8) is 0 Å². The molecule has 5 nitrogen and oxygen atoms in total. The van der Waals surface area contributed by atoms with Crippen LogP contribution in [0, 0.1) is 0 Å². The molecule has 0 saturated heterocycles. The molecule has 172 valence electrons. The van der Waals surface area contributed by atoms with Gasteiger partial charge in [-0.15, -0.1) is 0 Å². The van der Waals surface area contributed by atoms with Gasteiger partial charge in [0.15, 0.2) is 5.54 Å². The van der Waals surface area contributed by atoms with E-state index in [1.165, 1.54) is 6.92 Å². The summed E-state index contributed by atoms with van der Waals surface area (Å²) in [4.78, 5) is 29.3. The Bertz CT molecular complexity index is 872. The Balaban J connectivity index is 2.69. The molecule has 1 atom stereocenters. The van der Waals surface area contributed by atoms with Gasteiger partial charge in [-0.25, -0.2) is 4.79 Å². The number of hydrogen-bond donors (Lipinski definition) is 0. The van der Waals surface area contributed by atoms with Crippen molar-refractivity contribution in [2.45, 2.75) is 44.8 Å². The molecule has 0 aliphatic carbocycles. The summed E-state index contributed by atoms with van der Waals surface area (Å²) in [6, 6.07) is 17.2. The molecular weight excluding hydrogens is 423 g/mol. The Labute approximate surface area is 185 Å². The average Bonchev–Trinajstić information content (AvgIpc) is 2.76. The molecule has 0 spiro atoms. The summed E-state index contributed by atoms with van der Waals surface area (Å²) in [5.41, 5.74) is -1.08. The lowest BCUT2D eigenvalue weighted by Gasteiger charge is -2.29. The van der Waals surface area contributed by atoms with Gasteiger partial charge in [0.2, 0.25) is 0 Å². The van der Waals surface area contributed by atoms with Crippen LogP contribution in [0.4, 0.5) is 13.2 Å². The number of halogens is 3. The lowest BCUT2D eigenvalue weighted by molar-refractivity contribution is -0.172. The fraction of sp³-hybridized carbons (Fsp3) is 0.375. The molecule has 0 saturated carbocycles. The molecule has 2 aromatic carbocycles. The van der Waals surface area contributed by atoms with E-state index in [1.807, 2.05) is 0 Å². The molecule has 0 heterocycles.